The summed E-state index contributed by atoms with van der Waals surface area (Å²) in [6, 6.07) is 7.43. The van der Waals surface area contributed by atoms with Gasteiger partial charge in [0.1, 0.15) is 11.3 Å². The summed E-state index contributed by atoms with van der Waals surface area (Å²) in [4.78, 5) is 54.9. The van der Waals surface area contributed by atoms with Gasteiger partial charge in [0, 0.05) is 44.3 Å². The van der Waals surface area contributed by atoms with Crippen LogP contribution in [-0.2, 0) is 14.3 Å². The minimum Gasteiger partial charge on any atom is -0.379 e. The number of para-hydroxylation sites is 1. The van der Waals surface area contributed by atoms with Crippen molar-refractivity contribution < 1.29 is 14.3 Å². The third kappa shape index (κ3) is 4.60. The number of anilines is 4. The Morgan fingerprint density at radius 3 is 2.90 bits per heavy atom. The van der Waals surface area contributed by atoms with Crippen LogP contribution in [0.4, 0.5) is 23.0 Å². The predicted molar refractivity (Wildman–Crippen MR) is 153 cm³/mol. The van der Waals surface area contributed by atoms with Gasteiger partial charge in [-0.2, -0.15) is 4.98 Å². The molecule has 4 bridgehead atoms. The quantitative estimate of drug-likeness (QED) is 0.491. The number of rotatable bonds is 2. The van der Waals surface area contributed by atoms with E-state index >= 15 is 0 Å². The van der Waals surface area contributed by atoms with E-state index in [0.29, 0.717) is 69.6 Å². The van der Waals surface area contributed by atoms with E-state index in [2.05, 4.69) is 16.9 Å². The number of fused-ring (bicyclic) bond motifs is 5. The molecule has 5 heterocycles. The number of carbonyl (C=O) groups excluding carboxylic acids is 2. The Bertz CT molecular complexity index is 1550. The highest BCUT2D eigenvalue weighted by atomic mass is 16.5. The van der Waals surface area contributed by atoms with Crippen LogP contribution < -0.4 is 20.7 Å². The molecule has 1 N–H and O–H groups in total. The van der Waals surface area contributed by atoms with Crippen molar-refractivity contribution in [2.24, 2.45) is 0 Å². The molecule has 208 valence electrons. The summed E-state index contributed by atoms with van der Waals surface area (Å²) in [7, 11) is 0. The molecular formula is C29H33N7O4. The van der Waals surface area contributed by atoms with Crippen molar-refractivity contribution in [2.75, 3.05) is 61.1 Å². The number of nitrogens with one attached hydrogen (secondary N) is 1. The van der Waals surface area contributed by atoms with Gasteiger partial charge in [-0.05, 0) is 43.5 Å². The van der Waals surface area contributed by atoms with E-state index in [1.165, 1.54) is 6.08 Å². The molecule has 3 aliphatic heterocycles. The number of hydrogen-bond donors (Lipinski definition) is 1. The first-order chi connectivity index (χ1) is 19.5. The lowest BCUT2D eigenvalue weighted by atomic mass is 10.0. The van der Waals surface area contributed by atoms with E-state index in [0.717, 1.165) is 35.2 Å². The molecule has 1 aromatic carbocycles. The Hall–Kier alpha value is -4.25. The normalized spacial score (nSPS) is 19.7. The number of piperidine rings is 1. The summed E-state index contributed by atoms with van der Waals surface area (Å²) in [5, 5.41) is 3.90. The molecule has 1 unspecified atom stereocenters. The third-order valence-electron chi connectivity index (χ3n) is 7.91. The average molecular weight is 544 g/mol. The molecule has 0 spiro atoms. The Labute approximate surface area is 232 Å². The molecule has 0 aliphatic carbocycles. The molecule has 11 heteroatoms. The Morgan fingerprint density at radius 2 is 2.05 bits per heavy atom. The minimum atomic E-state index is -0.236. The summed E-state index contributed by atoms with van der Waals surface area (Å²) in [6.07, 6.45) is 4.90. The SMILES string of the molecule is C=CC(=O)N1CCN(c2cc3cnc4nc3n(c2=O)C2CCCN(C2)C(=O)CCOCCN4)c2cccc(C)c21. The van der Waals surface area contributed by atoms with Gasteiger partial charge in [0.15, 0.2) is 0 Å². The van der Waals surface area contributed by atoms with Crippen LogP contribution in [0.3, 0.4) is 0 Å². The number of ether oxygens (including phenoxy) is 1. The molecule has 3 aliphatic rings. The molecule has 40 heavy (non-hydrogen) atoms. The molecular weight excluding hydrogens is 510 g/mol. The van der Waals surface area contributed by atoms with Crippen molar-refractivity contribution in [3.8, 4) is 0 Å². The van der Waals surface area contributed by atoms with Crippen molar-refractivity contribution in [1.29, 1.82) is 0 Å². The molecule has 0 saturated carbocycles. The number of benzene rings is 1. The summed E-state index contributed by atoms with van der Waals surface area (Å²) in [6.45, 7) is 8.82. The monoisotopic (exact) mass is 543 g/mol. The third-order valence-corrected chi connectivity index (χ3v) is 7.91. The Kier molecular flexibility index (Phi) is 6.97. The van der Waals surface area contributed by atoms with Crippen LogP contribution in [0.5, 0.6) is 0 Å². The molecule has 2 amide bonds. The van der Waals surface area contributed by atoms with E-state index < -0.39 is 0 Å². The van der Waals surface area contributed by atoms with E-state index in [4.69, 9.17) is 9.72 Å². The van der Waals surface area contributed by atoms with Crippen molar-refractivity contribution in [1.82, 2.24) is 19.4 Å². The van der Waals surface area contributed by atoms with Crippen LogP contribution in [-0.4, -0.2) is 77.2 Å². The highest BCUT2D eigenvalue weighted by Gasteiger charge is 2.32. The second-order valence-electron chi connectivity index (χ2n) is 10.4. The van der Waals surface area contributed by atoms with Gasteiger partial charge >= 0.3 is 0 Å². The second kappa shape index (κ2) is 10.7. The zero-order chi connectivity index (χ0) is 27.8. The van der Waals surface area contributed by atoms with Gasteiger partial charge in [0.05, 0.1) is 37.1 Å². The lowest BCUT2D eigenvalue weighted by Gasteiger charge is -2.39. The second-order valence-corrected chi connectivity index (χ2v) is 10.4. The van der Waals surface area contributed by atoms with Crippen LogP contribution in [0.1, 0.15) is 30.9 Å². The molecule has 0 radical (unpaired) electrons. The molecule has 1 atom stereocenters. The van der Waals surface area contributed by atoms with Crippen LogP contribution in [0.25, 0.3) is 11.0 Å². The molecule has 3 aromatic rings. The highest BCUT2D eigenvalue weighted by molar-refractivity contribution is 6.05. The average Bonchev–Trinajstić information content (AvgIpc) is 2.97. The van der Waals surface area contributed by atoms with Crippen molar-refractivity contribution in [2.45, 2.75) is 32.2 Å². The molecule has 1 saturated heterocycles. The number of hydrogen-bond acceptors (Lipinski definition) is 8. The lowest BCUT2D eigenvalue weighted by Crippen LogP contribution is -2.46. The van der Waals surface area contributed by atoms with Crippen LogP contribution in [0.2, 0.25) is 0 Å². The van der Waals surface area contributed by atoms with Crippen LogP contribution in [0, 0.1) is 6.92 Å². The molecule has 11 nitrogen and oxygen atoms in total. The zero-order valence-electron chi connectivity index (χ0n) is 22.6. The van der Waals surface area contributed by atoms with Crippen LogP contribution >= 0.6 is 0 Å². The van der Waals surface area contributed by atoms with Gasteiger partial charge in [-0.25, -0.2) is 4.98 Å². The fourth-order valence-corrected chi connectivity index (χ4v) is 6.00. The van der Waals surface area contributed by atoms with Crippen molar-refractivity contribution >= 4 is 45.9 Å². The van der Waals surface area contributed by atoms with Gasteiger partial charge in [0.25, 0.3) is 11.5 Å². The summed E-state index contributed by atoms with van der Waals surface area (Å²) in [5.41, 5.74) is 3.34. The number of carbonyl (C=O) groups is 2. The smallest absolute Gasteiger partial charge is 0.276 e. The predicted octanol–water partition coefficient (Wildman–Crippen LogP) is 2.77. The summed E-state index contributed by atoms with van der Waals surface area (Å²) < 4.78 is 7.39. The van der Waals surface area contributed by atoms with E-state index in [9.17, 15) is 14.4 Å². The molecule has 2 aromatic heterocycles. The number of aromatic nitrogens is 3. The molecule has 6 rings (SSSR count). The maximum absolute atomic E-state index is 14.5. The number of aryl methyl sites for hydroxylation is 1. The maximum Gasteiger partial charge on any atom is 0.276 e. The van der Waals surface area contributed by atoms with Gasteiger partial charge in [-0.1, -0.05) is 18.7 Å². The minimum absolute atomic E-state index is 0.0333. The summed E-state index contributed by atoms with van der Waals surface area (Å²) >= 11 is 0. The molecule has 1 fully saturated rings. The summed E-state index contributed by atoms with van der Waals surface area (Å²) in [5.74, 6) is 0.284. The van der Waals surface area contributed by atoms with Crippen LogP contribution in [0.15, 0.2) is 47.9 Å². The van der Waals surface area contributed by atoms with Crippen molar-refractivity contribution in [3.05, 3.63) is 59.0 Å². The van der Waals surface area contributed by atoms with E-state index in [1.807, 2.05) is 41.0 Å². The fourth-order valence-electron chi connectivity index (χ4n) is 6.00. The number of nitrogens with zero attached hydrogens (tertiary/aromatic N) is 6. The fraction of sp³-hybridized carbons (Fsp3) is 0.414. The highest BCUT2D eigenvalue weighted by Crippen LogP contribution is 2.40. The first kappa shape index (κ1) is 26.0. The van der Waals surface area contributed by atoms with Gasteiger partial charge in [-0.3, -0.25) is 19.0 Å². The first-order valence-electron chi connectivity index (χ1n) is 13.8. The number of amides is 2. The topological polar surface area (TPSA) is 113 Å². The van der Waals surface area contributed by atoms with E-state index in [-0.39, 0.29) is 23.4 Å². The van der Waals surface area contributed by atoms with Crippen molar-refractivity contribution in [3.63, 3.8) is 0 Å². The lowest BCUT2D eigenvalue weighted by molar-refractivity contribution is -0.134. The van der Waals surface area contributed by atoms with Gasteiger partial charge in [0.2, 0.25) is 11.9 Å². The standard InChI is InChI=1S/C29H33N7O4/c1-3-24(37)35-13-12-34(22-8-4-6-19(2)26(22)35)23-16-20-17-31-29-30-10-15-40-14-9-25(38)33-11-5-7-21(18-33)36(28(23)39)27(20)32-29/h3-4,6,8,16-17,21H,1,5,7,9-15,18H2,2H3,(H,30,31,32). The van der Waals surface area contributed by atoms with E-state index in [1.54, 1.807) is 15.7 Å². The zero-order valence-corrected chi connectivity index (χ0v) is 22.6. The Morgan fingerprint density at radius 1 is 1.18 bits per heavy atom. The maximum atomic E-state index is 14.5. The Balaban J connectivity index is 1.52. The number of pyridine rings is 1. The largest absolute Gasteiger partial charge is 0.379 e. The van der Waals surface area contributed by atoms with Gasteiger partial charge in [-0.15, -0.1) is 0 Å². The first-order valence-corrected chi connectivity index (χ1v) is 13.8. The van der Waals surface area contributed by atoms with Gasteiger partial charge < -0.3 is 24.8 Å².